The third-order valence-electron chi connectivity index (χ3n) is 7.75. The monoisotopic (exact) mass is 478 g/mol. The van der Waals surface area contributed by atoms with Crippen molar-refractivity contribution in [3.63, 3.8) is 0 Å². The first-order valence-electron chi connectivity index (χ1n) is 12.6. The van der Waals surface area contributed by atoms with Crippen LogP contribution in [0.4, 0.5) is 5.69 Å². The van der Waals surface area contributed by atoms with Crippen molar-refractivity contribution >= 4 is 17.2 Å². The smallest absolute Gasteiger partial charge is 0.265 e. The lowest BCUT2D eigenvalue weighted by Crippen LogP contribution is -2.48. The van der Waals surface area contributed by atoms with E-state index in [0.29, 0.717) is 18.1 Å². The summed E-state index contributed by atoms with van der Waals surface area (Å²) in [6, 6.07) is 16.2. The Bertz CT molecular complexity index is 1360. The van der Waals surface area contributed by atoms with Crippen LogP contribution in [0.5, 0.6) is 5.88 Å². The van der Waals surface area contributed by atoms with Crippen LogP contribution in [0.1, 0.15) is 43.9 Å². The molecule has 2 aromatic heterocycles. The lowest BCUT2D eigenvalue weighted by Gasteiger charge is -2.42. The van der Waals surface area contributed by atoms with Gasteiger partial charge in [-0.05, 0) is 72.1 Å². The number of amides is 1. The number of rotatable bonds is 5. The van der Waals surface area contributed by atoms with Crippen LogP contribution >= 0.6 is 0 Å². The number of carbonyl (C=O) groups is 1. The molecule has 1 unspecified atom stereocenters. The highest BCUT2D eigenvalue weighted by atomic mass is 16.5. The Labute approximate surface area is 211 Å². The van der Waals surface area contributed by atoms with E-state index in [1.165, 1.54) is 17.6 Å². The molecule has 1 amide bonds. The first kappa shape index (κ1) is 22.7. The van der Waals surface area contributed by atoms with E-state index < -0.39 is 0 Å². The Hall–Kier alpha value is -3.77. The van der Waals surface area contributed by atoms with E-state index in [2.05, 4.69) is 42.3 Å². The SMILES string of the molecule is CC1CC(C2(N)CCC2)=CC=C1c1nc2c(cc1-c1ccccc1)N(Cc1ccncc1)C(=O)CO2. The first-order valence-corrected chi connectivity index (χ1v) is 12.6. The predicted octanol–water partition coefficient (Wildman–Crippen LogP) is 5.30. The molecule has 182 valence electrons. The molecule has 1 fully saturated rings. The number of ether oxygens (including phenoxy) is 1. The van der Waals surface area contributed by atoms with Gasteiger partial charge in [0.2, 0.25) is 5.88 Å². The normalized spacial score (nSPS) is 20.6. The number of fused-ring (bicyclic) bond motifs is 1. The molecule has 2 N–H and O–H groups in total. The van der Waals surface area contributed by atoms with Gasteiger partial charge < -0.3 is 15.4 Å². The zero-order valence-electron chi connectivity index (χ0n) is 20.5. The van der Waals surface area contributed by atoms with E-state index >= 15 is 0 Å². The zero-order chi connectivity index (χ0) is 24.7. The molecule has 0 spiro atoms. The van der Waals surface area contributed by atoms with Crippen molar-refractivity contribution in [2.24, 2.45) is 11.7 Å². The summed E-state index contributed by atoms with van der Waals surface area (Å²) in [5, 5.41) is 0. The molecule has 0 radical (unpaired) electrons. The van der Waals surface area contributed by atoms with Gasteiger partial charge in [-0.25, -0.2) is 4.98 Å². The summed E-state index contributed by atoms with van der Waals surface area (Å²) in [4.78, 5) is 23.9. The lowest BCUT2D eigenvalue weighted by molar-refractivity contribution is -0.121. The molecule has 3 aromatic rings. The molecule has 0 saturated heterocycles. The van der Waals surface area contributed by atoms with Gasteiger partial charge in [0.1, 0.15) is 5.69 Å². The summed E-state index contributed by atoms with van der Waals surface area (Å²) in [5.41, 5.74) is 13.7. The van der Waals surface area contributed by atoms with Crippen molar-refractivity contribution in [2.75, 3.05) is 11.5 Å². The number of benzene rings is 1. The molecule has 2 aliphatic carbocycles. The number of aromatic nitrogens is 2. The summed E-state index contributed by atoms with van der Waals surface area (Å²) in [6.45, 7) is 2.66. The number of hydrogen-bond acceptors (Lipinski definition) is 5. The summed E-state index contributed by atoms with van der Waals surface area (Å²) in [6.07, 6.45) is 12.2. The number of anilines is 1. The fourth-order valence-corrected chi connectivity index (χ4v) is 5.45. The molecule has 1 aliphatic heterocycles. The fraction of sp³-hybridized carbons (Fsp3) is 0.300. The topological polar surface area (TPSA) is 81.3 Å². The van der Waals surface area contributed by atoms with Crippen LogP contribution in [0.15, 0.2) is 78.6 Å². The maximum Gasteiger partial charge on any atom is 0.265 e. The van der Waals surface area contributed by atoms with Gasteiger partial charge in [0.05, 0.1) is 12.2 Å². The molecular weight excluding hydrogens is 448 g/mol. The highest BCUT2D eigenvalue weighted by Crippen LogP contribution is 2.46. The van der Waals surface area contributed by atoms with E-state index in [-0.39, 0.29) is 24.0 Å². The van der Waals surface area contributed by atoms with Crippen molar-refractivity contribution in [1.82, 2.24) is 9.97 Å². The van der Waals surface area contributed by atoms with Gasteiger partial charge in [-0.3, -0.25) is 9.78 Å². The van der Waals surface area contributed by atoms with Crippen LogP contribution in [-0.4, -0.2) is 28.0 Å². The minimum Gasteiger partial charge on any atom is -0.466 e. The van der Waals surface area contributed by atoms with Gasteiger partial charge in [0.15, 0.2) is 6.61 Å². The predicted molar refractivity (Wildman–Crippen MR) is 141 cm³/mol. The van der Waals surface area contributed by atoms with Gasteiger partial charge in [-0.1, -0.05) is 49.4 Å². The Kier molecular flexibility index (Phi) is 5.69. The molecule has 6 nitrogen and oxygen atoms in total. The molecule has 3 heterocycles. The molecule has 1 saturated carbocycles. The maximum atomic E-state index is 12.9. The summed E-state index contributed by atoms with van der Waals surface area (Å²) < 4.78 is 5.89. The fourth-order valence-electron chi connectivity index (χ4n) is 5.45. The molecule has 6 heteroatoms. The minimum absolute atomic E-state index is 0.0243. The average Bonchev–Trinajstić information content (AvgIpc) is 2.89. The highest BCUT2D eigenvalue weighted by Gasteiger charge is 2.38. The Morgan fingerprint density at radius 2 is 1.89 bits per heavy atom. The van der Waals surface area contributed by atoms with Crippen molar-refractivity contribution in [3.05, 3.63) is 89.9 Å². The lowest BCUT2D eigenvalue weighted by atomic mass is 9.68. The summed E-state index contributed by atoms with van der Waals surface area (Å²) >= 11 is 0. The van der Waals surface area contributed by atoms with E-state index in [0.717, 1.165) is 41.6 Å². The van der Waals surface area contributed by atoms with Crippen LogP contribution in [0.25, 0.3) is 16.7 Å². The van der Waals surface area contributed by atoms with Gasteiger partial charge >= 0.3 is 0 Å². The molecule has 1 atom stereocenters. The largest absolute Gasteiger partial charge is 0.466 e. The number of hydrogen-bond donors (Lipinski definition) is 1. The van der Waals surface area contributed by atoms with Crippen LogP contribution in [0.2, 0.25) is 0 Å². The molecular formula is C30H30N4O2. The van der Waals surface area contributed by atoms with Crippen LogP contribution in [0.3, 0.4) is 0 Å². The quantitative estimate of drug-likeness (QED) is 0.538. The van der Waals surface area contributed by atoms with Crippen LogP contribution in [0, 0.1) is 5.92 Å². The highest BCUT2D eigenvalue weighted by molar-refractivity contribution is 5.99. The zero-order valence-corrected chi connectivity index (χ0v) is 20.5. The summed E-state index contributed by atoms with van der Waals surface area (Å²) in [7, 11) is 0. The Morgan fingerprint density at radius 1 is 1.11 bits per heavy atom. The van der Waals surface area contributed by atoms with Crippen LogP contribution in [-0.2, 0) is 11.3 Å². The number of pyridine rings is 2. The van der Waals surface area contributed by atoms with Gasteiger partial charge in [-0.2, -0.15) is 0 Å². The molecule has 6 rings (SSSR count). The van der Waals surface area contributed by atoms with E-state index in [1.54, 1.807) is 17.3 Å². The third kappa shape index (κ3) is 4.01. The van der Waals surface area contributed by atoms with E-state index in [9.17, 15) is 4.79 Å². The Balaban J connectivity index is 1.46. The minimum atomic E-state index is -0.140. The van der Waals surface area contributed by atoms with Crippen molar-refractivity contribution in [3.8, 4) is 17.0 Å². The van der Waals surface area contributed by atoms with Crippen molar-refractivity contribution in [2.45, 2.75) is 44.7 Å². The Morgan fingerprint density at radius 3 is 2.58 bits per heavy atom. The molecule has 3 aliphatic rings. The number of allylic oxidation sites excluding steroid dienone is 3. The number of carbonyl (C=O) groups excluding carboxylic acids is 1. The molecule has 1 aromatic carbocycles. The second-order valence-electron chi connectivity index (χ2n) is 10.1. The molecule has 0 bridgehead atoms. The summed E-state index contributed by atoms with van der Waals surface area (Å²) in [5.74, 6) is 0.687. The maximum absolute atomic E-state index is 12.9. The standard InChI is InChI=1S/C30H30N4O2/c1-20-16-23(30(31)12-5-13-30)8-9-24(20)28-25(22-6-3-2-4-7-22)17-26-29(33-28)36-19-27(35)34(26)18-21-10-14-32-15-11-21/h2-4,6-11,14-15,17,20H,5,12-13,16,18-19,31H2,1H3. The number of nitrogens with two attached hydrogens (primary N) is 1. The van der Waals surface area contributed by atoms with Crippen LogP contribution < -0.4 is 15.4 Å². The van der Waals surface area contributed by atoms with Crippen molar-refractivity contribution < 1.29 is 9.53 Å². The van der Waals surface area contributed by atoms with Gasteiger partial charge in [-0.15, -0.1) is 0 Å². The second-order valence-corrected chi connectivity index (χ2v) is 10.1. The second kappa shape index (κ2) is 9.03. The van der Waals surface area contributed by atoms with Gasteiger partial charge in [0, 0.05) is 23.5 Å². The average molecular weight is 479 g/mol. The van der Waals surface area contributed by atoms with Crippen molar-refractivity contribution in [1.29, 1.82) is 0 Å². The first-order chi connectivity index (χ1) is 17.5. The number of nitrogens with zero attached hydrogens (tertiary/aromatic N) is 3. The third-order valence-corrected chi connectivity index (χ3v) is 7.75. The molecule has 36 heavy (non-hydrogen) atoms. The van der Waals surface area contributed by atoms with Gasteiger partial charge in [0.25, 0.3) is 5.91 Å². The van der Waals surface area contributed by atoms with E-state index in [1.807, 2.05) is 30.3 Å². The van der Waals surface area contributed by atoms with E-state index in [4.69, 9.17) is 15.5 Å².